The maximum absolute atomic E-state index is 6.05. The summed E-state index contributed by atoms with van der Waals surface area (Å²) in [4.78, 5) is 4.65. The summed E-state index contributed by atoms with van der Waals surface area (Å²) in [5.74, 6) is 1.30. The largest absolute Gasteiger partial charge is 0.312 e. The van der Waals surface area contributed by atoms with Crippen molar-refractivity contribution < 1.29 is 0 Å². The van der Waals surface area contributed by atoms with E-state index in [1.807, 2.05) is 22.6 Å². The molecule has 3 rings (SSSR count). The van der Waals surface area contributed by atoms with Crippen molar-refractivity contribution >= 4 is 22.8 Å². The highest BCUT2D eigenvalue weighted by atomic mass is 35.5. The van der Waals surface area contributed by atoms with Crippen LogP contribution in [0.3, 0.4) is 0 Å². The molecular formula is C13H18ClN7. The van der Waals surface area contributed by atoms with Crippen molar-refractivity contribution in [3.63, 3.8) is 0 Å². The smallest absolute Gasteiger partial charge is 0.158 e. The first-order valence-electron chi connectivity index (χ1n) is 7.05. The third-order valence-electron chi connectivity index (χ3n) is 3.57. The maximum Gasteiger partial charge on any atom is 0.158 e. The van der Waals surface area contributed by atoms with E-state index in [0.29, 0.717) is 5.88 Å². The van der Waals surface area contributed by atoms with E-state index in [-0.39, 0.29) is 0 Å². The average Bonchev–Trinajstić information content (AvgIpc) is 3.17. The highest BCUT2D eigenvalue weighted by Crippen LogP contribution is 2.21. The van der Waals surface area contributed by atoms with Crippen molar-refractivity contribution in [1.29, 1.82) is 0 Å². The van der Waals surface area contributed by atoms with E-state index in [9.17, 15) is 0 Å². The number of imidazole rings is 1. The van der Waals surface area contributed by atoms with Gasteiger partial charge in [0.2, 0.25) is 0 Å². The van der Waals surface area contributed by atoms with Crippen LogP contribution >= 0.6 is 11.6 Å². The summed E-state index contributed by atoms with van der Waals surface area (Å²) < 4.78 is 5.88. The lowest BCUT2D eigenvalue weighted by Crippen LogP contribution is -2.09. The van der Waals surface area contributed by atoms with E-state index in [2.05, 4.69) is 31.9 Å². The quantitative estimate of drug-likeness (QED) is 0.651. The van der Waals surface area contributed by atoms with E-state index < -0.39 is 0 Å². The third-order valence-corrected chi connectivity index (χ3v) is 3.80. The number of fused-ring (bicyclic) bond motifs is 1. The Morgan fingerprint density at radius 3 is 2.81 bits per heavy atom. The minimum absolute atomic E-state index is 0.404. The topological polar surface area (TPSA) is 66.3 Å². The number of hydrogen-bond donors (Lipinski definition) is 0. The standard InChI is InChI=1S/C13H18ClN7/c1-3-10-12-13(19(2)17-10)21(11(9-14)16-12)7-4-6-20-8-5-15-18-20/h5,8H,3-4,6-7,9H2,1-2H3. The van der Waals surface area contributed by atoms with Gasteiger partial charge < -0.3 is 4.57 Å². The first kappa shape index (κ1) is 14.1. The highest BCUT2D eigenvalue weighted by Gasteiger charge is 2.17. The second kappa shape index (κ2) is 5.85. The number of halogens is 1. The SMILES string of the molecule is CCc1nn(C)c2c1nc(CCl)n2CCCn1ccnn1. The molecule has 0 bridgehead atoms. The molecule has 0 amide bonds. The van der Waals surface area contributed by atoms with Crippen molar-refractivity contribution in [1.82, 2.24) is 34.3 Å². The molecule has 0 spiro atoms. The number of rotatable bonds is 6. The van der Waals surface area contributed by atoms with Gasteiger partial charge in [-0.2, -0.15) is 5.10 Å². The molecule has 0 aliphatic rings. The van der Waals surface area contributed by atoms with Gasteiger partial charge in [-0.05, 0) is 12.8 Å². The fourth-order valence-corrected chi connectivity index (χ4v) is 2.81. The Balaban J connectivity index is 1.87. The van der Waals surface area contributed by atoms with Gasteiger partial charge in [-0.1, -0.05) is 12.1 Å². The predicted molar refractivity (Wildman–Crippen MR) is 80.1 cm³/mol. The Morgan fingerprint density at radius 2 is 2.14 bits per heavy atom. The van der Waals surface area contributed by atoms with Gasteiger partial charge in [0.1, 0.15) is 11.3 Å². The first-order chi connectivity index (χ1) is 10.2. The molecule has 0 aliphatic heterocycles. The summed E-state index contributed by atoms with van der Waals surface area (Å²) in [6, 6.07) is 0. The Bertz CT molecular complexity index is 725. The van der Waals surface area contributed by atoms with Gasteiger partial charge in [-0.15, -0.1) is 16.7 Å². The normalized spacial score (nSPS) is 11.6. The van der Waals surface area contributed by atoms with Crippen molar-refractivity contribution in [2.24, 2.45) is 7.05 Å². The lowest BCUT2D eigenvalue weighted by Gasteiger charge is -2.08. The Labute approximate surface area is 127 Å². The Morgan fingerprint density at radius 1 is 1.29 bits per heavy atom. The Kier molecular flexibility index (Phi) is 3.92. The molecule has 3 aromatic rings. The monoisotopic (exact) mass is 307 g/mol. The van der Waals surface area contributed by atoms with Gasteiger partial charge in [-0.25, -0.2) is 4.98 Å². The molecule has 0 saturated carbocycles. The fourth-order valence-electron chi connectivity index (χ4n) is 2.60. The van der Waals surface area contributed by atoms with Crippen LogP contribution in [0.1, 0.15) is 24.9 Å². The molecule has 3 aromatic heterocycles. The molecule has 3 heterocycles. The predicted octanol–water partition coefficient (Wildman–Crippen LogP) is 1.75. The van der Waals surface area contributed by atoms with Crippen molar-refractivity contribution in [2.45, 2.75) is 38.7 Å². The van der Waals surface area contributed by atoms with Gasteiger partial charge in [0.15, 0.2) is 5.65 Å². The molecule has 0 unspecified atom stereocenters. The third kappa shape index (κ3) is 2.53. The van der Waals surface area contributed by atoms with Gasteiger partial charge in [0, 0.05) is 26.3 Å². The van der Waals surface area contributed by atoms with Crippen LogP contribution in [0, 0.1) is 0 Å². The van der Waals surface area contributed by atoms with Crippen LogP contribution in [0.25, 0.3) is 11.2 Å². The molecular weight excluding hydrogens is 290 g/mol. The van der Waals surface area contributed by atoms with E-state index in [4.69, 9.17) is 11.6 Å². The molecule has 0 N–H and O–H groups in total. The van der Waals surface area contributed by atoms with E-state index >= 15 is 0 Å². The molecule has 0 radical (unpaired) electrons. The average molecular weight is 308 g/mol. The molecule has 21 heavy (non-hydrogen) atoms. The molecule has 0 atom stereocenters. The molecule has 7 nitrogen and oxygen atoms in total. The van der Waals surface area contributed by atoms with Crippen LogP contribution in [0.4, 0.5) is 0 Å². The van der Waals surface area contributed by atoms with Crippen LogP contribution in [0.2, 0.25) is 0 Å². The van der Waals surface area contributed by atoms with Gasteiger partial charge in [-0.3, -0.25) is 9.36 Å². The van der Waals surface area contributed by atoms with E-state index in [1.54, 1.807) is 6.20 Å². The molecule has 8 heteroatoms. The minimum atomic E-state index is 0.404. The summed E-state index contributed by atoms with van der Waals surface area (Å²) in [5.41, 5.74) is 3.03. The first-order valence-corrected chi connectivity index (χ1v) is 7.59. The second-order valence-corrected chi connectivity index (χ2v) is 5.20. The summed E-state index contributed by atoms with van der Waals surface area (Å²) >= 11 is 6.05. The van der Waals surface area contributed by atoms with Gasteiger partial charge in [0.05, 0.1) is 17.8 Å². The van der Waals surface area contributed by atoms with Crippen LogP contribution in [-0.4, -0.2) is 34.3 Å². The fraction of sp³-hybridized carbons (Fsp3) is 0.538. The summed E-state index contributed by atoms with van der Waals surface area (Å²) in [6.07, 6.45) is 5.36. The lowest BCUT2D eigenvalue weighted by atomic mass is 10.3. The number of hydrogen-bond acceptors (Lipinski definition) is 4. The van der Waals surface area contributed by atoms with Crippen LogP contribution in [-0.2, 0) is 32.4 Å². The van der Waals surface area contributed by atoms with Gasteiger partial charge >= 0.3 is 0 Å². The number of aromatic nitrogens is 7. The lowest BCUT2D eigenvalue weighted by molar-refractivity contribution is 0.510. The van der Waals surface area contributed by atoms with E-state index in [0.717, 1.165) is 48.6 Å². The van der Waals surface area contributed by atoms with Crippen molar-refractivity contribution in [3.05, 3.63) is 23.9 Å². The highest BCUT2D eigenvalue weighted by molar-refractivity contribution is 6.16. The molecule has 0 aliphatic carbocycles. The molecule has 0 saturated heterocycles. The van der Waals surface area contributed by atoms with Crippen LogP contribution in [0.15, 0.2) is 12.4 Å². The molecule has 0 fully saturated rings. The zero-order valence-electron chi connectivity index (χ0n) is 12.2. The number of alkyl halides is 1. The van der Waals surface area contributed by atoms with Crippen molar-refractivity contribution in [2.75, 3.05) is 0 Å². The van der Waals surface area contributed by atoms with Gasteiger partial charge in [0.25, 0.3) is 0 Å². The summed E-state index contributed by atoms with van der Waals surface area (Å²) in [7, 11) is 1.95. The molecule has 112 valence electrons. The zero-order chi connectivity index (χ0) is 14.8. The van der Waals surface area contributed by atoms with E-state index in [1.165, 1.54) is 0 Å². The number of aryl methyl sites for hydroxylation is 4. The Hall–Kier alpha value is -1.89. The zero-order valence-corrected chi connectivity index (χ0v) is 13.0. The summed E-state index contributed by atoms with van der Waals surface area (Å²) in [5, 5.41) is 12.3. The second-order valence-electron chi connectivity index (χ2n) is 4.93. The van der Waals surface area contributed by atoms with Crippen LogP contribution < -0.4 is 0 Å². The number of nitrogens with zero attached hydrogens (tertiary/aromatic N) is 7. The summed E-state index contributed by atoms with van der Waals surface area (Å²) in [6.45, 7) is 3.74. The van der Waals surface area contributed by atoms with Crippen LogP contribution in [0.5, 0.6) is 0 Å². The maximum atomic E-state index is 6.05. The molecule has 0 aromatic carbocycles. The van der Waals surface area contributed by atoms with Crippen molar-refractivity contribution in [3.8, 4) is 0 Å². The minimum Gasteiger partial charge on any atom is -0.312 e.